The Morgan fingerprint density at radius 2 is 2.06 bits per heavy atom. The first-order valence-corrected chi connectivity index (χ1v) is 5.40. The smallest absolute Gasteiger partial charge is 0.236 e. The molecule has 2 rings (SSSR count). The predicted octanol–water partition coefficient (Wildman–Crippen LogP) is 2.33. The van der Waals surface area contributed by atoms with Gasteiger partial charge in [-0.05, 0) is 5.56 Å². The number of nitrogens with zero attached hydrogens (tertiary/aromatic N) is 2. The molecule has 16 heavy (non-hydrogen) atoms. The molecule has 0 aliphatic carbocycles. The molecule has 3 nitrogen and oxygen atoms in total. The maximum Gasteiger partial charge on any atom is 0.236 e. The molecule has 0 saturated heterocycles. The van der Waals surface area contributed by atoms with Crippen LogP contribution in [0.1, 0.15) is 23.1 Å². The number of rotatable bonds is 3. The van der Waals surface area contributed by atoms with E-state index in [1.54, 1.807) is 17.0 Å². The maximum absolute atomic E-state index is 12.0. The summed E-state index contributed by atoms with van der Waals surface area (Å²) < 4.78 is 1.63. The van der Waals surface area contributed by atoms with Gasteiger partial charge < -0.3 is 0 Å². The lowest BCUT2D eigenvalue weighted by molar-refractivity contribution is 0.0910. The number of benzene rings is 1. The second-order valence-electron chi connectivity index (χ2n) is 3.62. The van der Waals surface area contributed by atoms with Crippen molar-refractivity contribution < 1.29 is 4.79 Å². The zero-order valence-corrected chi connectivity index (χ0v) is 9.26. The number of aryl methyl sites for hydroxylation is 1. The highest BCUT2D eigenvalue weighted by Gasteiger charge is 2.09. The van der Waals surface area contributed by atoms with E-state index in [9.17, 15) is 4.79 Å². The minimum Gasteiger partial charge on any atom is -0.274 e. The van der Waals surface area contributed by atoms with Crippen LogP contribution in [0.15, 0.2) is 42.7 Å². The highest BCUT2D eigenvalue weighted by atomic mass is 16.2. The van der Waals surface area contributed by atoms with Crippen molar-refractivity contribution in [3.63, 3.8) is 0 Å². The SMILES string of the molecule is CCc1nccn1C(=O)Cc1ccccc1. The second-order valence-corrected chi connectivity index (χ2v) is 3.62. The molecule has 1 heterocycles. The molecule has 1 aromatic carbocycles. The van der Waals surface area contributed by atoms with Crippen LogP contribution in [0.5, 0.6) is 0 Å². The van der Waals surface area contributed by atoms with Crippen molar-refractivity contribution >= 4 is 5.91 Å². The van der Waals surface area contributed by atoms with Gasteiger partial charge in [-0.25, -0.2) is 4.98 Å². The Kier molecular flexibility index (Phi) is 3.15. The molecule has 1 aromatic heterocycles. The molecule has 0 aliphatic heterocycles. The molecular weight excluding hydrogens is 200 g/mol. The number of imidazole rings is 1. The van der Waals surface area contributed by atoms with Crippen molar-refractivity contribution in [3.05, 3.63) is 54.1 Å². The first-order chi connectivity index (χ1) is 7.81. The topological polar surface area (TPSA) is 34.9 Å². The fourth-order valence-corrected chi connectivity index (χ4v) is 1.68. The largest absolute Gasteiger partial charge is 0.274 e. The molecule has 0 fully saturated rings. The first kappa shape index (κ1) is 10.6. The van der Waals surface area contributed by atoms with Crippen molar-refractivity contribution in [3.8, 4) is 0 Å². The van der Waals surface area contributed by atoms with E-state index in [1.165, 1.54) is 0 Å². The summed E-state index contributed by atoms with van der Waals surface area (Å²) in [6.45, 7) is 1.99. The monoisotopic (exact) mass is 214 g/mol. The summed E-state index contributed by atoms with van der Waals surface area (Å²) in [5.41, 5.74) is 1.03. The van der Waals surface area contributed by atoms with E-state index in [4.69, 9.17) is 0 Å². The van der Waals surface area contributed by atoms with E-state index in [0.717, 1.165) is 17.8 Å². The molecule has 82 valence electrons. The van der Waals surface area contributed by atoms with Gasteiger partial charge in [0.1, 0.15) is 5.82 Å². The van der Waals surface area contributed by atoms with Gasteiger partial charge in [0.25, 0.3) is 0 Å². The van der Waals surface area contributed by atoms with Crippen LogP contribution in [-0.4, -0.2) is 15.5 Å². The third-order valence-electron chi connectivity index (χ3n) is 2.50. The van der Waals surface area contributed by atoms with Gasteiger partial charge >= 0.3 is 0 Å². The highest BCUT2D eigenvalue weighted by molar-refractivity contribution is 5.81. The van der Waals surface area contributed by atoms with Crippen molar-refractivity contribution in [1.82, 2.24) is 9.55 Å². The molecule has 0 unspecified atom stereocenters. The molecule has 0 spiro atoms. The van der Waals surface area contributed by atoms with Gasteiger partial charge in [0.2, 0.25) is 5.91 Å². The Bertz CT molecular complexity index is 474. The standard InChI is InChI=1S/C13H14N2O/c1-2-12-14-8-9-15(12)13(16)10-11-6-4-3-5-7-11/h3-9H,2,10H2,1H3. The summed E-state index contributed by atoms with van der Waals surface area (Å²) in [5, 5.41) is 0. The highest BCUT2D eigenvalue weighted by Crippen LogP contribution is 2.04. The minimum absolute atomic E-state index is 0.0700. The fourth-order valence-electron chi connectivity index (χ4n) is 1.68. The second kappa shape index (κ2) is 4.75. The molecule has 3 heteroatoms. The van der Waals surface area contributed by atoms with Crippen molar-refractivity contribution in [1.29, 1.82) is 0 Å². The Balaban J connectivity index is 2.15. The summed E-state index contributed by atoms with van der Waals surface area (Å²) in [5.74, 6) is 0.890. The summed E-state index contributed by atoms with van der Waals surface area (Å²) in [6, 6.07) is 9.75. The molecule has 0 radical (unpaired) electrons. The first-order valence-electron chi connectivity index (χ1n) is 5.40. The van der Waals surface area contributed by atoms with E-state index >= 15 is 0 Å². The minimum atomic E-state index is 0.0700. The molecule has 2 aromatic rings. The van der Waals surface area contributed by atoms with Crippen LogP contribution in [0, 0.1) is 0 Å². The third-order valence-corrected chi connectivity index (χ3v) is 2.50. The lowest BCUT2D eigenvalue weighted by Crippen LogP contribution is -2.15. The average molecular weight is 214 g/mol. The maximum atomic E-state index is 12.0. The van der Waals surface area contributed by atoms with Crippen LogP contribution in [0.3, 0.4) is 0 Å². The summed E-state index contributed by atoms with van der Waals surface area (Å²) >= 11 is 0. The van der Waals surface area contributed by atoms with Gasteiger partial charge in [-0.3, -0.25) is 9.36 Å². The number of carbonyl (C=O) groups is 1. The van der Waals surface area contributed by atoms with E-state index in [1.807, 2.05) is 37.3 Å². The Hall–Kier alpha value is -1.90. The van der Waals surface area contributed by atoms with E-state index < -0.39 is 0 Å². The van der Waals surface area contributed by atoms with E-state index in [2.05, 4.69) is 4.98 Å². The van der Waals surface area contributed by atoms with Crippen molar-refractivity contribution in [2.75, 3.05) is 0 Å². The van der Waals surface area contributed by atoms with Crippen LogP contribution in [-0.2, 0) is 12.8 Å². The van der Waals surface area contributed by atoms with Crippen LogP contribution in [0.4, 0.5) is 0 Å². The molecule has 0 amide bonds. The lowest BCUT2D eigenvalue weighted by Gasteiger charge is -2.04. The zero-order chi connectivity index (χ0) is 11.4. The van der Waals surface area contributed by atoms with Gasteiger partial charge in [-0.1, -0.05) is 37.3 Å². The molecule has 0 atom stereocenters. The quantitative estimate of drug-likeness (QED) is 0.786. The third kappa shape index (κ3) is 2.19. The molecule has 0 aliphatic rings. The lowest BCUT2D eigenvalue weighted by atomic mass is 10.1. The van der Waals surface area contributed by atoms with Gasteiger partial charge in [-0.2, -0.15) is 0 Å². The number of hydrogen-bond acceptors (Lipinski definition) is 2. The molecule has 0 N–H and O–H groups in total. The van der Waals surface area contributed by atoms with Crippen LogP contribution < -0.4 is 0 Å². The van der Waals surface area contributed by atoms with E-state index in [0.29, 0.717) is 6.42 Å². The number of hydrogen-bond donors (Lipinski definition) is 0. The summed E-state index contributed by atoms with van der Waals surface area (Å²) in [6.07, 6.45) is 4.59. The van der Waals surface area contributed by atoms with Gasteiger partial charge in [0, 0.05) is 18.8 Å². The predicted molar refractivity (Wildman–Crippen MR) is 62.4 cm³/mol. The zero-order valence-electron chi connectivity index (χ0n) is 9.26. The van der Waals surface area contributed by atoms with Crippen molar-refractivity contribution in [2.24, 2.45) is 0 Å². The molecular formula is C13H14N2O. The normalized spacial score (nSPS) is 10.3. The van der Waals surface area contributed by atoms with E-state index in [-0.39, 0.29) is 5.91 Å². The fraction of sp³-hybridized carbons (Fsp3) is 0.231. The Labute approximate surface area is 94.7 Å². The molecule has 0 saturated carbocycles. The number of aromatic nitrogens is 2. The van der Waals surface area contributed by atoms with Gasteiger partial charge in [0.15, 0.2) is 0 Å². The van der Waals surface area contributed by atoms with Crippen molar-refractivity contribution in [2.45, 2.75) is 19.8 Å². The summed E-state index contributed by atoms with van der Waals surface area (Å²) in [4.78, 5) is 16.1. The summed E-state index contributed by atoms with van der Waals surface area (Å²) in [7, 11) is 0. The number of carbonyl (C=O) groups excluding carboxylic acids is 1. The van der Waals surface area contributed by atoms with Crippen LogP contribution in [0.2, 0.25) is 0 Å². The molecule has 0 bridgehead atoms. The van der Waals surface area contributed by atoms with Gasteiger partial charge in [-0.15, -0.1) is 0 Å². The van der Waals surface area contributed by atoms with Crippen LogP contribution in [0.25, 0.3) is 0 Å². The Morgan fingerprint density at radius 3 is 2.75 bits per heavy atom. The van der Waals surface area contributed by atoms with Crippen LogP contribution >= 0.6 is 0 Å². The van der Waals surface area contributed by atoms with Gasteiger partial charge in [0.05, 0.1) is 6.42 Å². The Morgan fingerprint density at radius 1 is 1.31 bits per heavy atom. The average Bonchev–Trinajstić information content (AvgIpc) is 2.78.